The largest absolute Gasteiger partial charge is 0.497 e. The fourth-order valence-electron chi connectivity index (χ4n) is 7.44. The molecule has 186 valence electrons. The Morgan fingerprint density at radius 1 is 0.676 bits per heavy atom. The molecule has 0 N–H and O–H groups in total. The highest BCUT2D eigenvalue weighted by Crippen LogP contribution is 2.75. The number of anilines is 1. The van der Waals surface area contributed by atoms with Gasteiger partial charge in [-0.25, -0.2) is 4.90 Å². The van der Waals surface area contributed by atoms with Crippen molar-refractivity contribution in [2.45, 2.75) is 26.7 Å². The van der Waals surface area contributed by atoms with Crippen LogP contribution in [0.5, 0.6) is 5.75 Å². The molecule has 5 nitrogen and oxygen atoms in total. The SMILES string of the molecule is CCC12C(=O)C(CC)(C(c3ccccc3)=C1c1ccccc1)C1C(=O)N(c3ccc(OC)cc3)C(=O)C12. The Morgan fingerprint density at radius 2 is 1.11 bits per heavy atom. The lowest BCUT2D eigenvalue weighted by Crippen LogP contribution is -2.41. The summed E-state index contributed by atoms with van der Waals surface area (Å²) >= 11 is 0. The second kappa shape index (κ2) is 8.27. The quantitative estimate of drug-likeness (QED) is 0.409. The van der Waals surface area contributed by atoms with Gasteiger partial charge in [0.1, 0.15) is 5.75 Å². The predicted octanol–water partition coefficient (Wildman–Crippen LogP) is 5.80. The van der Waals surface area contributed by atoms with Gasteiger partial charge in [-0.15, -0.1) is 0 Å². The van der Waals surface area contributed by atoms with Gasteiger partial charge in [-0.1, -0.05) is 74.5 Å². The summed E-state index contributed by atoms with van der Waals surface area (Å²) < 4.78 is 5.27. The molecule has 2 bridgehead atoms. The molecule has 1 aliphatic heterocycles. The van der Waals surface area contributed by atoms with E-state index in [0.29, 0.717) is 24.3 Å². The Hall–Kier alpha value is -3.99. The van der Waals surface area contributed by atoms with Crippen molar-refractivity contribution in [1.29, 1.82) is 0 Å². The topological polar surface area (TPSA) is 63.7 Å². The zero-order valence-electron chi connectivity index (χ0n) is 21.2. The molecule has 0 radical (unpaired) electrons. The van der Waals surface area contributed by atoms with Gasteiger partial charge in [-0.05, 0) is 59.4 Å². The summed E-state index contributed by atoms with van der Waals surface area (Å²) in [6.07, 6.45) is 0.898. The normalized spacial score (nSPS) is 28.3. The Morgan fingerprint density at radius 3 is 1.49 bits per heavy atom. The highest BCUT2D eigenvalue weighted by Gasteiger charge is 2.80. The van der Waals surface area contributed by atoms with Gasteiger partial charge in [0, 0.05) is 0 Å². The van der Waals surface area contributed by atoms with Crippen LogP contribution in [-0.4, -0.2) is 24.7 Å². The van der Waals surface area contributed by atoms with Crippen molar-refractivity contribution >= 4 is 34.4 Å². The number of fused-ring (bicyclic) bond motifs is 5. The first-order chi connectivity index (χ1) is 18.0. The van der Waals surface area contributed by atoms with Crippen LogP contribution in [-0.2, 0) is 14.4 Å². The number of nitrogens with zero attached hydrogens (tertiary/aromatic N) is 1. The third-order valence-electron chi connectivity index (χ3n) is 8.89. The van der Waals surface area contributed by atoms with Gasteiger partial charge in [0.25, 0.3) is 0 Å². The van der Waals surface area contributed by atoms with Crippen LogP contribution in [0.15, 0.2) is 84.9 Å². The number of carbonyl (C=O) groups excluding carboxylic acids is 3. The zero-order chi connectivity index (χ0) is 25.9. The number of Topliss-reactive ketones (excluding diaryl/α,β-unsaturated/α-hetero) is 1. The van der Waals surface area contributed by atoms with Gasteiger partial charge in [-0.3, -0.25) is 14.4 Å². The Balaban J connectivity index is 1.64. The number of hydrogen-bond acceptors (Lipinski definition) is 4. The van der Waals surface area contributed by atoms with E-state index in [9.17, 15) is 14.4 Å². The zero-order valence-corrected chi connectivity index (χ0v) is 21.2. The number of benzene rings is 3. The second-order valence-corrected chi connectivity index (χ2v) is 10.1. The standard InChI is InChI=1S/C32H29NO4/c1-4-31-24(20-12-8-6-9-13-20)25(21-14-10-7-11-15-21)32(5-2,30(31)36)27-26(31)28(34)33(29(27)35)22-16-18-23(37-3)19-17-22/h6-19,26-27H,4-5H2,1-3H3. The van der Waals surface area contributed by atoms with Crippen molar-refractivity contribution in [3.05, 3.63) is 96.1 Å². The van der Waals surface area contributed by atoms with E-state index in [1.54, 1.807) is 31.4 Å². The minimum atomic E-state index is -1.07. The summed E-state index contributed by atoms with van der Waals surface area (Å²) in [5.74, 6) is -1.37. The van der Waals surface area contributed by atoms with E-state index < -0.39 is 22.7 Å². The van der Waals surface area contributed by atoms with Crippen LogP contribution >= 0.6 is 0 Å². The molecule has 4 atom stereocenters. The number of ketones is 1. The molecule has 3 aliphatic rings. The van der Waals surface area contributed by atoms with Crippen LogP contribution < -0.4 is 9.64 Å². The molecule has 3 aromatic rings. The Labute approximate surface area is 216 Å². The van der Waals surface area contributed by atoms with Crippen LogP contribution in [0.4, 0.5) is 5.69 Å². The summed E-state index contributed by atoms with van der Waals surface area (Å²) in [6, 6.07) is 26.8. The number of methoxy groups -OCH3 is 1. The van der Waals surface area contributed by atoms with Gasteiger partial charge in [0.05, 0.1) is 35.5 Å². The molecule has 5 heteroatoms. The molecule has 0 spiro atoms. The summed E-state index contributed by atoms with van der Waals surface area (Å²) in [6.45, 7) is 3.96. The number of rotatable bonds is 6. The molecule has 3 aromatic carbocycles. The van der Waals surface area contributed by atoms with Gasteiger partial charge in [0.15, 0.2) is 5.78 Å². The maximum Gasteiger partial charge on any atom is 0.239 e. The molecule has 0 aromatic heterocycles. The lowest BCUT2D eigenvalue weighted by molar-refractivity contribution is -0.134. The van der Waals surface area contributed by atoms with E-state index in [2.05, 4.69) is 0 Å². The molecule has 2 aliphatic carbocycles. The fourth-order valence-corrected chi connectivity index (χ4v) is 7.44. The average Bonchev–Trinajstić information content (AvgIpc) is 3.45. The lowest BCUT2D eigenvalue weighted by Gasteiger charge is -2.38. The second-order valence-electron chi connectivity index (χ2n) is 10.1. The molecule has 2 amide bonds. The molecule has 1 heterocycles. The first-order valence-corrected chi connectivity index (χ1v) is 12.9. The summed E-state index contributed by atoms with van der Waals surface area (Å²) in [7, 11) is 1.58. The summed E-state index contributed by atoms with van der Waals surface area (Å²) in [5, 5.41) is 0. The van der Waals surface area contributed by atoms with E-state index in [-0.39, 0.29) is 17.6 Å². The Kier molecular flexibility index (Phi) is 5.23. The van der Waals surface area contributed by atoms with Crippen molar-refractivity contribution in [2.75, 3.05) is 12.0 Å². The minimum Gasteiger partial charge on any atom is -0.497 e. The van der Waals surface area contributed by atoms with Crippen molar-refractivity contribution in [3.8, 4) is 5.75 Å². The number of imide groups is 1. The number of ether oxygens (including phenoxy) is 1. The van der Waals surface area contributed by atoms with Gasteiger partial charge < -0.3 is 4.74 Å². The van der Waals surface area contributed by atoms with Crippen molar-refractivity contribution in [2.24, 2.45) is 22.7 Å². The molecule has 1 saturated carbocycles. The predicted molar refractivity (Wildman–Crippen MR) is 143 cm³/mol. The molecular formula is C32H29NO4. The van der Waals surface area contributed by atoms with Crippen molar-refractivity contribution < 1.29 is 19.1 Å². The van der Waals surface area contributed by atoms with Gasteiger partial charge in [-0.2, -0.15) is 0 Å². The van der Waals surface area contributed by atoms with Crippen LogP contribution in [0.1, 0.15) is 37.8 Å². The molecule has 37 heavy (non-hydrogen) atoms. The fraction of sp³-hybridized carbons (Fsp3) is 0.281. The van der Waals surface area contributed by atoms with Gasteiger partial charge >= 0.3 is 0 Å². The molecule has 1 saturated heterocycles. The van der Waals surface area contributed by atoms with Gasteiger partial charge in [0.2, 0.25) is 11.8 Å². The third kappa shape index (κ3) is 2.77. The van der Waals surface area contributed by atoms with Crippen LogP contribution in [0.25, 0.3) is 11.1 Å². The monoisotopic (exact) mass is 491 g/mol. The van der Waals surface area contributed by atoms with Crippen LogP contribution in [0.2, 0.25) is 0 Å². The first kappa shape index (κ1) is 23.4. The number of carbonyl (C=O) groups is 3. The third-order valence-corrected chi connectivity index (χ3v) is 8.89. The van der Waals surface area contributed by atoms with E-state index in [4.69, 9.17) is 4.74 Å². The maximum absolute atomic E-state index is 14.7. The number of hydrogen-bond donors (Lipinski definition) is 0. The lowest BCUT2D eigenvalue weighted by atomic mass is 9.60. The highest BCUT2D eigenvalue weighted by atomic mass is 16.5. The number of allylic oxidation sites excluding steroid dienone is 2. The molecule has 6 rings (SSSR count). The van der Waals surface area contributed by atoms with E-state index in [1.807, 2.05) is 74.5 Å². The molecule has 2 fully saturated rings. The molecule has 4 unspecified atom stereocenters. The molecular weight excluding hydrogens is 462 g/mol. The van der Waals surface area contributed by atoms with Crippen LogP contribution in [0.3, 0.4) is 0 Å². The van der Waals surface area contributed by atoms with E-state index in [0.717, 1.165) is 22.3 Å². The number of amides is 2. The highest BCUT2D eigenvalue weighted by molar-refractivity contribution is 6.34. The first-order valence-electron chi connectivity index (χ1n) is 12.9. The Bertz CT molecular complexity index is 1360. The van der Waals surface area contributed by atoms with Crippen molar-refractivity contribution in [1.82, 2.24) is 0 Å². The summed E-state index contributed by atoms with van der Waals surface area (Å²) in [4.78, 5) is 44.5. The van der Waals surface area contributed by atoms with Crippen LogP contribution in [0, 0.1) is 22.7 Å². The summed E-state index contributed by atoms with van der Waals surface area (Å²) in [5.41, 5.74) is 2.07. The van der Waals surface area contributed by atoms with E-state index >= 15 is 0 Å². The van der Waals surface area contributed by atoms with E-state index in [1.165, 1.54) is 4.90 Å². The minimum absolute atomic E-state index is 0.0220. The average molecular weight is 492 g/mol. The maximum atomic E-state index is 14.7. The smallest absolute Gasteiger partial charge is 0.239 e. The van der Waals surface area contributed by atoms with Crippen molar-refractivity contribution in [3.63, 3.8) is 0 Å².